The van der Waals surface area contributed by atoms with Crippen molar-refractivity contribution in [3.05, 3.63) is 16.1 Å². The lowest BCUT2D eigenvalue weighted by atomic mass is 10.1. The van der Waals surface area contributed by atoms with Crippen LogP contribution in [0.1, 0.15) is 36.1 Å². The Hall–Kier alpha value is -0.450. The van der Waals surface area contributed by atoms with Crippen LogP contribution in [0.15, 0.2) is 6.20 Å². The molecule has 1 rings (SSSR count). The molecule has 1 aromatic heterocycles. The monoisotopic (exact) mass is 242 g/mol. The predicted molar refractivity (Wildman–Crippen MR) is 68.9 cm³/mol. The fraction of sp³-hybridized carbons (Fsp3) is 0.750. The molecule has 0 spiro atoms. The number of aromatic nitrogens is 1. The van der Waals surface area contributed by atoms with Gasteiger partial charge in [0, 0.05) is 30.8 Å². The van der Waals surface area contributed by atoms with Gasteiger partial charge in [-0.25, -0.2) is 4.98 Å². The molecule has 0 aliphatic heterocycles. The third-order valence-corrected chi connectivity index (χ3v) is 3.42. The quantitative estimate of drug-likeness (QED) is 0.761. The van der Waals surface area contributed by atoms with Crippen LogP contribution in [0.2, 0.25) is 0 Å². The first kappa shape index (κ1) is 13.6. The Bertz CT molecular complexity index is 288. The number of nitrogens with zero attached hydrogens (tertiary/aromatic N) is 1. The van der Waals surface area contributed by atoms with Crippen LogP contribution in [0.3, 0.4) is 0 Å². The number of thiazole rings is 1. The highest BCUT2D eigenvalue weighted by Gasteiger charge is 2.07. The van der Waals surface area contributed by atoms with Crippen LogP contribution in [0.4, 0.5) is 0 Å². The first-order valence-corrected chi connectivity index (χ1v) is 6.71. The van der Waals surface area contributed by atoms with Crippen LogP contribution in [-0.2, 0) is 11.3 Å². The highest BCUT2D eigenvalue weighted by atomic mass is 32.1. The average Bonchev–Trinajstić information content (AvgIpc) is 2.68. The van der Waals surface area contributed by atoms with Crippen molar-refractivity contribution < 1.29 is 4.74 Å². The smallest absolute Gasteiger partial charge is 0.0897 e. The van der Waals surface area contributed by atoms with Crippen LogP contribution in [0, 0.1) is 6.92 Å². The Morgan fingerprint density at radius 1 is 1.56 bits per heavy atom. The van der Waals surface area contributed by atoms with E-state index in [9.17, 15) is 0 Å². The highest BCUT2D eigenvalue weighted by Crippen LogP contribution is 2.11. The van der Waals surface area contributed by atoms with E-state index < -0.39 is 0 Å². The molecule has 0 aliphatic carbocycles. The summed E-state index contributed by atoms with van der Waals surface area (Å²) in [5.74, 6) is 0. The SMILES string of the molecule is CCCCC(COC)NCc1cnc(C)s1. The molecule has 0 amide bonds. The molecule has 0 saturated carbocycles. The Kier molecular flexibility index (Phi) is 6.61. The van der Waals surface area contributed by atoms with Crippen LogP contribution in [0.5, 0.6) is 0 Å². The van der Waals surface area contributed by atoms with Gasteiger partial charge in [0.2, 0.25) is 0 Å². The van der Waals surface area contributed by atoms with Gasteiger partial charge in [-0.3, -0.25) is 0 Å². The number of nitrogens with one attached hydrogen (secondary N) is 1. The molecule has 1 unspecified atom stereocenters. The van der Waals surface area contributed by atoms with Crippen molar-refractivity contribution >= 4 is 11.3 Å². The van der Waals surface area contributed by atoms with Gasteiger partial charge in [-0.1, -0.05) is 19.8 Å². The predicted octanol–water partition coefficient (Wildman–Crippen LogP) is 2.75. The lowest BCUT2D eigenvalue weighted by Crippen LogP contribution is -2.32. The Labute approximate surface area is 102 Å². The first-order chi connectivity index (χ1) is 7.76. The molecule has 1 N–H and O–H groups in total. The van der Waals surface area contributed by atoms with Gasteiger partial charge in [-0.2, -0.15) is 0 Å². The van der Waals surface area contributed by atoms with Gasteiger partial charge in [0.1, 0.15) is 0 Å². The summed E-state index contributed by atoms with van der Waals surface area (Å²) >= 11 is 1.76. The minimum Gasteiger partial charge on any atom is -0.383 e. The van der Waals surface area contributed by atoms with Crippen molar-refractivity contribution in [1.82, 2.24) is 10.3 Å². The maximum Gasteiger partial charge on any atom is 0.0897 e. The highest BCUT2D eigenvalue weighted by molar-refractivity contribution is 7.11. The first-order valence-electron chi connectivity index (χ1n) is 5.90. The number of rotatable bonds is 8. The largest absolute Gasteiger partial charge is 0.383 e. The van der Waals surface area contributed by atoms with E-state index in [1.54, 1.807) is 18.4 Å². The molecule has 0 aliphatic rings. The second kappa shape index (κ2) is 7.76. The number of hydrogen-bond donors (Lipinski definition) is 1. The topological polar surface area (TPSA) is 34.1 Å². The summed E-state index contributed by atoms with van der Waals surface area (Å²) in [6.07, 6.45) is 5.63. The fourth-order valence-electron chi connectivity index (χ4n) is 1.63. The van der Waals surface area contributed by atoms with Crippen LogP contribution in [0.25, 0.3) is 0 Å². The number of aryl methyl sites for hydroxylation is 1. The van der Waals surface area contributed by atoms with Gasteiger partial charge in [0.05, 0.1) is 11.6 Å². The molecule has 1 heterocycles. The van der Waals surface area contributed by atoms with Crippen molar-refractivity contribution in [2.24, 2.45) is 0 Å². The van der Waals surface area contributed by atoms with Gasteiger partial charge in [-0.15, -0.1) is 11.3 Å². The van der Waals surface area contributed by atoms with Crippen molar-refractivity contribution in [2.45, 2.75) is 45.7 Å². The molecule has 0 radical (unpaired) electrons. The zero-order valence-corrected chi connectivity index (χ0v) is 11.3. The summed E-state index contributed by atoms with van der Waals surface area (Å²) in [6.45, 7) is 5.95. The molecule has 4 heteroatoms. The summed E-state index contributed by atoms with van der Waals surface area (Å²) in [7, 11) is 1.76. The second-order valence-electron chi connectivity index (χ2n) is 4.02. The molecule has 92 valence electrons. The van der Waals surface area contributed by atoms with E-state index in [1.807, 2.05) is 13.1 Å². The van der Waals surface area contributed by atoms with E-state index in [1.165, 1.54) is 24.1 Å². The molecule has 0 fully saturated rings. The molecule has 0 saturated heterocycles. The molecule has 3 nitrogen and oxygen atoms in total. The second-order valence-corrected chi connectivity index (χ2v) is 5.34. The summed E-state index contributed by atoms with van der Waals surface area (Å²) in [5.41, 5.74) is 0. The molecule has 0 aromatic carbocycles. The third-order valence-electron chi connectivity index (χ3n) is 2.51. The van der Waals surface area contributed by atoms with Gasteiger partial charge in [-0.05, 0) is 13.3 Å². The average molecular weight is 242 g/mol. The number of methoxy groups -OCH3 is 1. The van der Waals surface area contributed by atoms with Crippen LogP contribution >= 0.6 is 11.3 Å². The van der Waals surface area contributed by atoms with E-state index in [0.717, 1.165) is 18.2 Å². The zero-order chi connectivity index (χ0) is 11.8. The maximum atomic E-state index is 5.22. The molecular weight excluding hydrogens is 220 g/mol. The van der Waals surface area contributed by atoms with Gasteiger partial charge in [0.25, 0.3) is 0 Å². The van der Waals surface area contributed by atoms with Crippen molar-refractivity contribution in [3.8, 4) is 0 Å². The summed E-state index contributed by atoms with van der Waals surface area (Å²) < 4.78 is 5.22. The van der Waals surface area contributed by atoms with Gasteiger partial charge < -0.3 is 10.1 Å². The van der Waals surface area contributed by atoms with Crippen LogP contribution in [-0.4, -0.2) is 24.7 Å². The molecule has 0 bridgehead atoms. The number of unbranched alkanes of at least 4 members (excludes halogenated alkanes) is 1. The third kappa shape index (κ3) is 5.05. The van der Waals surface area contributed by atoms with Crippen molar-refractivity contribution in [3.63, 3.8) is 0 Å². The van der Waals surface area contributed by atoms with E-state index in [-0.39, 0.29) is 0 Å². The van der Waals surface area contributed by atoms with E-state index in [2.05, 4.69) is 17.2 Å². The molecular formula is C12H22N2OS. The normalized spacial score (nSPS) is 12.9. The Balaban J connectivity index is 2.30. The minimum absolute atomic E-state index is 0.465. The Morgan fingerprint density at radius 3 is 2.94 bits per heavy atom. The van der Waals surface area contributed by atoms with Crippen LogP contribution < -0.4 is 5.32 Å². The summed E-state index contributed by atoms with van der Waals surface area (Å²) in [5, 5.41) is 4.66. The van der Waals surface area contributed by atoms with E-state index in [0.29, 0.717) is 6.04 Å². The lowest BCUT2D eigenvalue weighted by molar-refractivity contribution is 0.161. The van der Waals surface area contributed by atoms with E-state index in [4.69, 9.17) is 4.74 Å². The summed E-state index contributed by atoms with van der Waals surface area (Å²) in [6, 6.07) is 0.465. The fourth-order valence-corrected chi connectivity index (χ4v) is 2.37. The minimum atomic E-state index is 0.465. The number of ether oxygens (including phenoxy) is 1. The number of hydrogen-bond acceptors (Lipinski definition) is 4. The Morgan fingerprint density at radius 2 is 2.38 bits per heavy atom. The maximum absolute atomic E-state index is 5.22. The molecule has 1 aromatic rings. The van der Waals surface area contributed by atoms with Gasteiger partial charge in [0.15, 0.2) is 0 Å². The zero-order valence-electron chi connectivity index (χ0n) is 10.5. The summed E-state index contributed by atoms with van der Waals surface area (Å²) in [4.78, 5) is 5.55. The molecule has 1 atom stereocenters. The molecule has 16 heavy (non-hydrogen) atoms. The van der Waals surface area contributed by atoms with E-state index >= 15 is 0 Å². The van der Waals surface area contributed by atoms with Crippen molar-refractivity contribution in [1.29, 1.82) is 0 Å². The van der Waals surface area contributed by atoms with Crippen molar-refractivity contribution in [2.75, 3.05) is 13.7 Å². The standard InChI is InChI=1S/C12H22N2OS/c1-4-5-6-11(9-15-3)14-8-12-7-13-10(2)16-12/h7,11,14H,4-6,8-9H2,1-3H3. The lowest BCUT2D eigenvalue weighted by Gasteiger charge is -2.16. The van der Waals surface area contributed by atoms with Gasteiger partial charge >= 0.3 is 0 Å².